The smallest absolute Gasteiger partial charge is 0.298 e. The van der Waals surface area contributed by atoms with Crippen molar-refractivity contribution >= 4 is 34.7 Å². The van der Waals surface area contributed by atoms with Gasteiger partial charge in [-0.1, -0.05) is 30.3 Å². The van der Waals surface area contributed by atoms with Gasteiger partial charge in [0, 0.05) is 50.2 Å². The van der Waals surface area contributed by atoms with Gasteiger partial charge >= 0.3 is 0 Å². The number of nitrogens with zero attached hydrogens (tertiary/aromatic N) is 5. The Morgan fingerprint density at radius 3 is 2.59 bits per heavy atom. The van der Waals surface area contributed by atoms with Gasteiger partial charge in [-0.05, 0) is 36.8 Å². The van der Waals surface area contributed by atoms with Crippen LogP contribution in [0.2, 0.25) is 0 Å². The van der Waals surface area contributed by atoms with Gasteiger partial charge in [-0.2, -0.15) is 0 Å². The lowest BCUT2D eigenvalue weighted by molar-refractivity contribution is -0.112. The van der Waals surface area contributed by atoms with Crippen molar-refractivity contribution < 1.29 is 14.0 Å². The molecule has 10 heteroatoms. The van der Waals surface area contributed by atoms with Gasteiger partial charge in [0.15, 0.2) is 5.82 Å². The lowest BCUT2D eigenvalue weighted by Gasteiger charge is -2.46. The molecule has 1 amide bonds. The van der Waals surface area contributed by atoms with Crippen molar-refractivity contribution in [2.75, 3.05) is 46.6 Å². The zero-order valence-electron chi connectivity index (χ0n) is 21.7. The van der Waals surface area contributed by atoms with Crippen LogP contribution < -0.4 is 20.4 Å². The Balaban J connectivity index is 1.18. The molecule has 2 aromatic heterocycles. The van der Waals surface area contributed by atoms with Crippen molar-refractivity contribution in [2.45, 2.75) is 13.0 Å². The number of fused-ring (bicyclic) bond motifs is 3. The van der Waals surface area contributed by atoms with Crippen molar-refractivity contribution in [3.05, 3.63) is 84.2 Å². The molecule has 0 spiro atoms. The Labute approximate surface area is 225 Å². The Hall–Kier alpha value is -4.73. The van der Waals surface area contributed by atoms with Crippen molar-refractivity contribution in [3.63, 3.8) is 0 Å². The van der Waals surface area contributed by atoms with Crippen molar-refractivity contribution in [1.29, 1.82) is 0 Å². The summed E-state index contributed by atoms with van der Waals surface area (Å²) in [5.41, 5.74) is 5.34. The second-order valence-corrected chi connectivity index (χ2v) is 9.86. The van der Waals surface area contributed by atoms with Gasteiger partial charge < -0.3 is 25.0 Å². The molecule has 2 aliphatic rings. The number of aromatic nitrogens is 3. The van der Waals surface area contributed by atoms with Crippen LogP contribution in [0.5, 0.6) is 0 Å². The predicted molar refractivity (Wildman–Crippen MR) is 149 cm³/mol. The summed E-state index contributed by atoms with van der Waals surface area (Å²) in [7, 11) is 1.80. The number of carbonyl (C=O) groups excluding carboxylic acids is 2. The Bertz CT molecular complexity index is 1550. The highest BCUT2D eigenvalue weighted by molar-refractivity contribution is 6.47. The molecular weight excluding hydrogens is 497 g/mol. The molecule has 4 heterocycles. The van der Waals surface area contributed by atoms with Gasteiger partial charge in [0.1, 0.15) is 5.69 Å². The quantitative estimate of drug-likeness (QED) is 0.302. The summed E-state index contributed by atoms with van der Waals surface area (Å²) in [6.45, 7) is 4.75. The average Bonchev–Trinajstić information content (AvgIpc) is 3.26. The maximum absolute atomic E-state index is 13.3. The lowest BCUT2D eigenvalue weighted by Crippen LogP contribution is -2.58. The summed E-state index contributed by atoms with van der Waals surface area (Å²) in [5, 5.41) is 6.25. The van der Waals surface area contributed by atoms with E-state index in [2.05, 4.69) is 30.4 Å². The Morgan fingerprint density at radius 1 is 1.05 bits per heavy atom. The molecular formula is C29H28FN7O2. The van der Waals surface area contributed by atoms with Crippen LogP contribution in [0.4, 0.5) is 27.4 Å². The Kier molecular flexibility index (Phi) is 6.22. The predicted octanol–water partition coefficient (Wildman–Crippen LogP) is 3.87. The highest BCUT2D eigenvalue weighted by atomic mass is 19.1. The number of ketones is 1. The number of piperazine rings is 1. The molecule has 39 heavy (non-hydrogen) atoms. The summed E-state index contributed by atoms with van der Waals surface area (Å²) in [6.07, 6.45) is 2.37. The topological polar surface area (TPSA) is 95.4 Å². The largest absolute Gasteiger partial charge is 0.381 e. The number of halogens is 1. The summed E-state index contributed by atoms with van der Waals surface area (Å²) < 4.78 is 15.0. The zero-order chi connectivity index (χ0) is 27.1. The first-order valence-electron chi connectivity index (χ1n) is 12.8. The van der Waals surface area contributed by atoms with E-state index in [1.54, 1.807) is 11.6 Å². The molecule has 2 N–H and O–H groups in total. The number of amides is 1. The molecule has 4 aromatic rings. The molecule has 198 valence electrons. The zero-order valence-corrected chi connectivity index (χ0v) is 21.7. The first kappa shape index (κ1) is 24.6. The van der Waals surface area contributed by atoms with E-state index < -0.39 is 17.5 Å². The third-order valence-corrected chi connectivity index (χ3v) is 7.44. The first-order valence-corrected chi connectivity index (χ1v) is 12.8. The van der Waals surface area contributed by atoms with Crippen LogP contribution in [0.25, 0.3) is 11.1 Å². The van der Waals surface area contributed by atoms with Crippen molar-refractivity contribution in [1.82, 2.24) is 14.5 Å². The molecule has 2 aromatic carbocycles. The number of hydrogen-bond acceptors (Lipinski definition) is 7. The first-order chi connectivity index (χ1) is 18.9. The molecule has 1 atom stereocenters. The van der Waals surface area contributed by atoms with E-state index in [4.69, 9.17) is 0 Å². The number of nitrogens with one attached hydrogen (secondary N) is 2. The lowest BCUT2D eigenvalue weighted by atomic mass is 10.0. The highest BCUT2D eigenvalue weighted by Crippen LogP contribution is 2.36. The molecule has 1 saturated heterocycles. The normalized spacial score (nSPS) is 16.2. The highest BCUT2D eigenvalue weighted by Gasteiger charge is 2.33. The summed E-state index contributed by atoms with van der Waals surface area (Å²) in [5.74, 6) is -1.21. The van der Waals surface area contributed by atoms with Gasteiger partial charge in [-0.15, -0.1) is 0 Å². The monoisotopic (exact) mass is 525 g/mol. The van der Waals surface area contributed by atoms with E-state index in [1.807, 2.05) is 61.5 Å². The number of hydrogen-bond donors (Lipinski definition) is 2. The van der Waals surface area contributed by atoms with E-state index in [0.29, 0.717) is 37.0 Å². The van der Waals surface area contributed by atoms with Gasteiger partial charge in [0.05, 0.1) is 29.8 Å². The minimum Gasteiger partial charge on any atom is -0.381 e. The van der Waals surface area contributed by atoms with E-state index >= 15 is 0 Å². The average molecular weight is 526 g/mol. The second kappa shape index (κ2) is 9.86. The number of aryl methyl sites for hydroxylation is 1. The van der Waals surface area contributed by atoms with Crippen LogP contribution in [-0.4, -0.2) is 58.4 Å². The minimum absolute atomic E-state index is 0.180. The molecule has 0 bridgehead atoms. The van der Waals surface area contributed by atoms with E-state index in [9.17, 15) is 14.0 Å². The molecule has 6 rings (SSSR count). The number of benzene rings is 2. The summed E-state index contributed by atoms with van der Waals surface area (Å²) in [4.78, 5) is 39.0. The number of rotatable bonds is 5. The minimum atomic E-state index is -0.685. The van der Waals surface area contributed by atoms with E-state index in [1.165, 1.54) is 12.4 Å². The van der Waals surface area contributed by atoms with Crippen LogP contribution in [0.3, 0.4) is 0 Å². The second-order valence-electron chi connectivity index (χ2n) is 9.86. The van der Waals surface area contributed by atoms with Crippen molar-refractivity contribution in [3.8, 4) is 11.1 Å². The van der Waals surface area contributed by atoms with Gasteiger partial charge in [0.25, 0.3) is 11.7 Å². The van der Waals surface area contributed by atoms with Crippen LogP contribution >= 0.6 is 0 Å². The third kappa shape index (κ3) is 4.58. The number of carbonyl (C=O) groups is 2. The number of anilines is 4. The van der Waals surface area contributed by atoms with Gasteiger partial charge in [-0.25, -0.2) is 14.4 Å². The molecule has 2 aliphatic heterocycles. The summed E-state index contributed by atoms with van der Waals surface area (Å²) in [6, 6.07) is 17.3. The fraction of sp³-hybridized carbons (Fsp3) is 0.241. The van der Waals surface area contributed by atoms with Crippen LogP contribution in [-0.2, 0) is 11.8 Å². The molecule has 0 unspecified atom stereocenters. The van der Waals surface area contributed by atoms with Gasteiger partial charge in [0.2, 0.25) is 5.95 Å². The third-order valence-electron chi connectivity index (χ3n) is 7.44. The van der Waals surface area contributed by atoms with Crippen LogP contribution in [0.15, 0.2) is 67.0 Å². The van der Waals surface area contributed by atoms with Crippen LogP contribution in [0.1, 0.15) is 16.2 Å². The molecule has 9 nitrogen and oxygen atoms in total. The van der Waals surface area contributed by atoms with E-state index in [0.717, 1.165) is 34.7 Å². The fourth-order valence-corrected chi connectivity index (χ4v) is 5.37. The fourth-order valence-electron chi connectivity index (χ4n) is 5.37. The maximum atomic E-state index is 13.3. The molecule has 0 radical (unpaired) electrons. The summed E-state index contributed by atoms with van der Waals surface area (Å²) >= 11 is 0. The maximum Gasteiger partial charge on any atom is 0.298 e. The molecule has 0 aliphatic carbocycles. The molecule has 1 fully saturated rings. The van der Waals surface area contributed by atoms with Crippen LogP contribution in [0, 0.1) is 12.7 Å². The Morgan fingerprint density at radius 2 is 1.82 bits per heavy atom. The number of Topliss-reactive ketones (excluding diaryl/α,β-unsaturated/α-hetero) is 1. The van der Waals surface area contributed by atoms with E-state index in [-0.39, 0.29) is 6.04 Å². The van der Waals surface area contributed by atoms with Crippen molar-refractivity contribution in [2.24, 2.45) is 7.05 Å². The molecule has 0 saturated carbocycles. The standard InChI is InChI=1S/C29H28FN7O2/c1-18-12-23(19-6-4-3-5-7-19)26(35(18)2)27(38)28(39)34-21-8-9-25-24(13-21)31-16-22-17-36(10-11-37(22)25)29-32-14-20(30)15-33-29/h3-9,12-15,22,31H,10-11,16-17H2,1-2H3,(H,34,39)/t22-/m1/s1. The van der Waals surface area contributed by atoms with Gasteiger partial charge in [-0.3, -0.25) is 9.59 Å². The SMILES string of the molecule is Cc1cc(-c2ccccc2)c(C(=O)C(=O)Nc2ccc3c(c2)NC[C@@H]2CN(c4ncc(F)cn4)CCN32)n1C.